The fraction of sp³-hybridized carbons (Fsp3) is 0.579. The lowest BCUT2D eigenvalue weighted by atomic mass is 9.89. The predicted octanol–water partition coefficient (Wildman–Crippen LogP) is 2.88. The molecule has 1 aliphatic carbocycles. The van der Waals surface area contributed by atoms with E-state index in [1.54, 1.807) is 7.11 Å². The van der Waals surface area contributed by atoms with E-state index in [0.717, 1.165) is 37.1 Å². The molecule has 1 saturated carbocycles. The van der Waals surface area contributed by atoms with E-state index in [-0.39, 0.29) is 34.6 Å². The zero-order valence-corrected chi connectivity index (χ0v) is 17.0. The number of hydrogen-bond acceptors (Lipinski definition) is 5. The molecule has 2 atom stereocenters. The van der Waals surface area contributed by atoms with Gasteiger partial charge in [0.05, 0.1) is 24.7 Å². The Morgan fingerprint density at radius 3 is 2.52 bits per heavy atom. The van der Waals surface area contributed by atoms with Crippen LogP contribution in [-0.4, -0.2) is 49.4 Å². The highest BCUT2D eigenvalue weighted by atomic mass is 32.2. The van der Waals surface area contributed by atoms with E-state index >= 15 is 0 Å². The highest BCUT2D eigenvalue weighted by molar-refractivity contribution is 8.16. The standard InChI is InChI=1S/C19H24N2O4S2/c1-25-15-9-7-14(8-10-15)21-16-11-27(23,24)12-17(16)26-19(21)20-18(22)13-5-3-2-4-6-13/h7-10,13,16-17H,2-6,11-12H2,1H3/t16-,17-/m0/s1. The Bertz CT molecular complexity index is 845. The van der Waals surface area contributed by atoms with Crippen molar-refractivity contribution >= 4 is 38.4 Å². The van der Waals surface area contributed by atoms with Gasteiger partial charge < -0.3 is 9.64 Å². The molecule has 2 heterocycles. The minimum absolute atomic E-state index is 0.00809. The van der Waals surface area contributed by atoms with Crippen LogP contribution >= 0.6 is 11.8 Å². The van der Waals surface area contributed by atoms with Crippen LogP contribution in [0.4, 0.5) is 5.69 Å². The van der Waals surface area contributed by atoms with Crippen molar-refractivity contribution in [1.29, 1.82) is 0 Å². The van der Waals surface area contributed by atoms with Crippen LogP contribution < -0.4 is 9.64 Å². The van der Waals surface area contributed by atoms with Gasteiger partial charge in [0.15, 0.2) is 15.0 Å². The molecule has 1 aromatic carbocycles. The molecule has 0 aromatic heterocycles. The molecule has 2 aliphatic heterocycles. The summed E-state index contributed by atoms with van der Waals surface area (Å²) in [7, 11) is -1.45. The van der Waals surface area contributed by atoms with Crippen LogP contribution in [0.25, 0.3) is 0 Å². The van der Waals surface area contributed by atoms with E-state index in [2.05, 4.69) is 4.99 Å². The maximum absolute atomic E-state index is 12.7. The number of nitrogens with zero attached hydrogens (tertiary/aromatic N) is 2. The highest BCUT2D eigenvalue weighted by Crippen LogP contribution is 2.41. The molecule has 0 unspecified atom stereocenters. The smallest absolute Gasteiger partial charge is 0.251 e. The van der Waals surface area contributed by atoms with Crippen LogP contribution in [0.1, 0.15) is 32.1 Å². The highest BCUT2D eigenvalue weighted by Gasteiger charge is 2.49. The largest absolute Gasteiger partial charge is 0.497 e. The Balaban J connectivity index is 1.64. The number of aliphatic imine (C=N–C) groups is 1. The van der Waals surface area contributed by atoms with Crippen molar-refractivity contribution in [1.82, 2.24) is 0 Å². The second kappa shape index (κ2) is 7.47. The minimum atomic E-state index is -3.06. The molecule has 3 fully saturated rings. The summed E-state index contributed by atoms with van der Waals surface area (Å²) in [5, 5.41) is 0.565. The number of ether oxygens (including phenoxy) is 1. The Morgan fingerprint density at radius 1 is 1.15 bits per heavy atom. The van der Waals surface area contributed by atoms with E-state index in [0.29, 0.717) is 5.17 Å². The monoisotopic (exact) mass is 408 g/mol. The summed E-state index contributed by atoms with van der Waals surface area (Å²) in [5.74, 6) is 0.934. The second-order valence-electron chi connectivity index (χ2n) is 7.44. The molecular formula is C19H24N2O4S2. The lowest BCUT2D eigenvalue weighted by Gasteiger charge is -2.25. The van der Waals surface area contributed by atoms with Crippen molar-refractivity contribution in [3.63, 3.8) is 0 Å². The normalized spacial score (nSPS) is 29.1. The maximum Gasteiger partial charge on any atom is 0.251 e. The summed E-state index contributed by atoms with van der Waals surface area (Å²) >= 11 is 1.43. The molecule has 2 saturated heterocycles. The number of rotatable bonds is 3. The summed E-state index contributed by atoms with van der Waals surface area (Å²) in [6.45, 7) is 0. The first-order valence-corrected chi connectivity index (χ1v) is 12.1. The number of fused-ring (bicyclic) bond motifs is 1. The van der Waals surface area contributed by atoms with Crippen LogP contribution in [-0.2, 0) is 14.6 Å². The first-order chi connectivity index (χ1) is 13.0. The molecule has 1 amide bonds. The molecule has 3 aliphatic rings. The fourth-order valence-electron chi connectivity index (χ4n) is 4.14. The third-order valence-corrected chi connectivity index (χ3v) is 8.79. The minimum Gasteiger partial charge on any atom is -0.497 e. The molecule has 8 heteroatoms. The third kappa shape index (κ3) is 3.87. The van der Waals surface area contributed by atoms with Gasteiger partial charge in [-0.1, -0.05) is 31.0 Å². The molecule has 0 radical (unpaired) electrons. The molecule has 0 spiro atoms. The van der Waals surface area contributed by atoms with Gasteiger partial charge in [-0.05, 0) is 37.1 Å². The van der Waals surface area contributed by atoms with Gasteiger partial charge in [0.2, 0.25) is 0 Å². The van der Waals surface area contributed by atoms with Gasteiger partial charge in [0, 0.05) is 16.9 Å². The summed E-state index contributed by atoms with van der Waals surface area (Å²) in [5.41, 5.74) is 0.850. The quantitative estimate of drug-likeness (QED) is 0.765. The number of carbonyl (C=O) groups is 1. The number of amidine groups is 1. The fourth-order valence-corrected chi connectivity index (χ4v) is 8.06. The average Bonchev–Trinajstić information content (AvgIpc) is 3.13. The van der Waals surface area contributed by atoms with Crippen molar-refractivity contribution in [2.75, 3.05) is 23.5 Å². The summed E-state index contributed by atoms with van der Waals surface area (Å²) in [6, 6.07) is 7.31. The number of thioether (sulfide) groups is 1. The lowest BCUT2D eigenvalue weighted by molar-refractivity contribution is -0.122. The van der Waals surface area contributed by atoms with Crippen LogP contribution in [0.15, 0.2) is 29.3 Å². The number of sulfone groups is 1. The van der Waals surface area contributed by atoms with Crippen molar-refractivity contribution in [3.05, 3.63) is 24.3 Å². The van der Waals surface area contributed by atoms with Crippen LogP contribution in [0, 0.1) is 5.92 Å². The van der Waals surface area contributed by atoms with Crippen LogP contribution in [0.2, 0.25) is 0 Å². The number of benzene rings is 1. The second-order valence-corrected chi connectivity index (χ2v) is 10.8. The summed E-state index contributed by atoms with van der Waals surface area (Å²) in [6.07, 6.45) is 5.17. The molecule has 0 N–H and O–H groups in total. The van der Waals surface area contributed by atoms with Gasteiger partial charge in [-0.3, -0.25) is 4.79 Å². The van der Waals surface area contributed by atoms with Crippen LogP contribution in [0.3, 0.4) is 0 Å². The number of hydrogen-bond donors (Lipinski definition) is 0. The number of amides is 1. The topological polar surface area (TPSA) is 76.0 Å². The Hall–Kier alpha value is -1.54. The maximum atomic E-state index is 12.7. The zero-order chi connectivity index (χ0) is 19.0. The van der Waals surface area contributed by atoms with Crippen molar-refractivity contribution in [2.24, 2.45) is 10.9 Å². The van der Waals surface area contributed by atoms with Crippen molar-refractivity contribution in [3.8, 4) is 5.75 Å². The van der Waals surface area contributed by atoms with Gasteiger partial charge in [0.25, 0.3) is 5.91 Å². The van der Waals surface area contributed by atoms with Gasteiger partial charge >= 0.3 is 0 Å². The van der Waals surface area contributed by atoms with Gasteiger partial charge in [-0.25, -0.2) is 8.42 Å². The van der Waals surface area contributed by atoms with Gasteiger partial charge in [-0.15, -0.1) is 0 Å². The van der Waals surface area contributed by atoms with E-state index < -0.39 is 9.84 Å². The first kappa shape index (κ1) is 18.8. The summed E-state index contributed by atoms with van der Waals surface area (Å²) in [4.78, 5) is 19.1. The summed E-state index contributed by atoms with van der Waals surface area (Å²) < 4.78 is 29.5. The first-order valence-electron chi connectivity index (χ1n) is 9.40. The Morgan fingerprint density at radius 2 is 1.85 bits per heavy atom. The van der Waals surface area contributed by atoms with E-state index in [1.165, 1.54) is 18.2 Å². The Kier molecular flexibility index (Phi) is 5.20. The molecule has 6 nitrogen and oxygen atoms in total. The molecule has 27 heavy (non-hydrogen) atoms. The van der Waals surface area contributed by atoms with Crippen LogP contribution in [0.5, 0.6) is 5.75 Å². The van der Waals surface area contributed by atoms with Gasteiger partial charge in [-0.2, -0.15) is 4.99 Å². The van der Waals surface area contributed by atoms with Crippen molar-refractivity contribution in [2.45, 2.75) is 43.4 Å². The molecule has 4 rings (SSSR count). The van der Waals surface area contributed by atoms with E-state index in [1.807, 2.05) is 29.2 Å². The molecule has 0 bridgehead atoms. The van der Waals surface area contributed by atoms with Crippen molar-refractivity contribution < 1.29 is 17.9 Å². The molecule has 146 valence electrons. The van der Waals surface area contributed by atoms with E-state index in [4.69, 9.17) is 4.74 Å². The number of carbonyl (C=O) groups excluding carboxylic acids is 1. The lowest BCUT2D eigenvalue weighted by Crippen LogP contribution is -2.38. The third-order valence-electron chi connectivity index (χ3n) is 5.58. The number of anilines is 1. The Labute approximate surface area is 164 Å². The number of methoxy groups -OCH3 is 1. The average molecular weight is 409 g/mol. The van der Waals surface area contributed by atoms with E-state index in [9.17, 15) is 13.2 Å². The predicted molar refractivity (Wildman–Crippen MR) is 108 cm³/mol. The molecular weight excluding hydrogens is 384 g/mol. The molecule has 1 aromatic rings. The zero-order valence-electron chi connectivity index (χ0n) is 15.3. The SMILES string of the molecule is COc1ccc(N2C(=NC(=O)C3CCCCC3)S[C@H]3CS(=O)(=O)C[C@@H]32)cc1. The van der Waals surface area contributed by atoms with Gasteiger partial charge in [0.1, 0.15) is 5.75 Å².